The quantitative estimate of drug-likeness (QED) is 0.861. The van der Waals surface area contributed by atoms with Gasteiger partial charge in [0.05, 0.1) is 17.2 Å². The molecule has 0 atom stereocenters. The Morgan fingerprint density at radius 1 is 1.41 bits per heavy atom. The maximum absolute atomic E-state index is 11.3. The number of sulfone groups is 1. The standard InChI is InChI=1S/C10H14BrN3O2S/c11-7-5-9(12)10(13-6-7)14-8-1-3-17(15,16)4-2-8/h5-6,8H,1-4,12H2,(H,13,14). The van der Waals surface area contributed by atoms with E-state index in [9.17, 15) is 8.42 Å². The third-order valence-corrected chi connectivity index (χ3v) is 4.93. The van der Waals surface area contributed by atoms with E-state index in [0.29, 0.717) is 24.3 Å². The first-order valence-electron chi connectivity index (χ1n) is 5.34. The first-order chi connectivity index (χ1) is 7.96. The van der Waals surface area contributed by atoms with Crippen LogP contribution >= 0.6 is 15.9 Å². The van der Waals surface area contributed by atoms with Gasteiger partial charge in [0.2, 0.25) is 0 Å². The zero-order valence-electron chi connectivity index (χ0n) is 9.19. The van der Waals surface area contributed by atoms with Gasteiger partial charge in [0, 0.05) is 16.7 Å². The van der Waals surface area contributed by atoms with Crippen LogP contribution in [0, 0.1) is 0 Å². The Bertz CT molecular complexity index is 504. The molecule has 0 saturated carbocycles. The van der Waals surface area contributed by atoms with Gasteiger partial charge in [0.1, 0.15) is 15.7 Å². The van der Waals surface area contributed by atoms with Crippen molar-refractivity contribution in [1.82, 2.24) is 4.98 Å². The SMILES string of the molecule is Nc1cc(Br)cnc1NC1CCS(=O)(=O)CC1. The number of hydrogen-bond donors (Lipinski definition) is 2. The topological polar surface area (TPSA) is 85.1 Å². The van der Waals surface area contributed by atoms with Gasteiger partial charge in [-0.3, -0.25) is 0 Å². The number of aromatic nitrogens is 1. The Kier molecular flexibility index (Phi) is 3.58. The summed E-state index contributed by atoms with van der Waals surface area (Å²) in [5, 5.41) is 3.19. The Morgan fingerprint density at radius 3 is 2.65 bits per heavy atom. The predicted octanol–water partition coefficient (Wildman–Crippen LogP) is 1.42. The van der Waals surface area contributed by atoms with Crippen molar-refractivity contribution in [1.29, 1.82) is 0 Å². The molecule has 0 unspecified atom stereocenters. The summed E-state index contributed by atoms with van der Waals surface area (Å²) in [6, 6.07) is 1.91. The van der Waals surface area contributed by atoms with Crippen LogP contribution in [0.3, 0.4) is 0 Å². The molecule has 0 aliphatic carbocycles. The van der Waals surface area contributed by atoms with Gasteiger partial charge in [-0.15, -0.1) is 0 Å². The number of anilines is 2. The molecule has 3 N–H and O–H groups in total. The second-order valence-corrected chi connectivity index (χ2v) is 7.38. The van der Waals surface area contributed by atoms with Gasteiger partial charge in [-0.25, -0.2) is 13.4 Å². The summed E-state index contributed by atoms with van der Waals surface area (Å²) in [6.07, 6.45) is 2.89. The summed E-state index contributed by atoms with van der Waals surface area (Å²) < 4.78 is 23.4. The highest BCUT2D eigenvalue weighted by Crippen LogP contribution is 2.23. The van der Waals surface area contributed by atoms with Gasteiger partial charge < -0.3 is 11.1 Å². The lowest BCUT2D eigenvalue weighted by molar-refractivity contribution is 0.559. The highest BCUT2D eigenvalue weighted by molar-refractivity contribution is 9.10. The Morgan fingerprint density at radius 2 is 2.06 bits per heavy atom. The lowest BCUT2D eigenvalue weighted by Crippen LogP contribution is -2.32. The second-order valence-electron chi connectivity index (χ2n) is 4.16. The van der Waals surface area contributed by atoms with Crippen molar-refractivity contribution in [2.45, 2.75) is 18.9 Å². The molecule has 5 nitrogen and oxygen atoms in total. The fourth-order valence-electron chi connectivity index (χ4n) is 1.80. The van der Waals surface area contributed by atoms with Crippen LogP contribution in [0.25, 0.3) is 0 Å². The summed E-state index contributed by atoms with van der Waals surface area (Å²) in [5.41, 5.74) is 6.38. The highest BCUT2D eigenvalue weighted by Gasteiger charge is 2.23. The van der Waals surface area contributed by atoms with E-state index in [-0.39, 0.29) is 17.5 Å². The van der Waals surface area contributed by atoms with E-state index in [4.69, 9.17) is 5.73 Å². The van der Waals surface area contributed by atoms with Crippen LogP contribution in [0.1, 0.15) is 12.8 Å². The van der Waals surface area contributed by atoms with E-state index in [1.165, 1.54) is 0 Å². The molecule has 1 aromatic heterocycles. The summed E-state index contributed by atoms with van der Waals surface area (Å²) >= 11 is 3.29. The molecule has 0 radical (unpaired) electrons. The number of nitrogens with two attached hydrogens (primary N) is 1. The van der Waals surface area contributed by atoms with Crippen molar-refractivity contribution in [3.05, 3.63) is 16.7 Å². The lowest BCUT2D eigenvalue weighted by atomic mass is 10.1. The van der Waals surface area contributed by atoms with Crippen molar-refractivity contribution < 1.29 is 8.42 Å². The van der Waals surface area contributed by atoms with Crippen molar-refractivity contribution in [2.75, 3.05) is 22.6 Å². The molecule has 0 bridgehead atoms. The lowest BCUT2D eigenvalue weighted by Gasteiger charge is -2.24. The molecule has 1 aliphatic rings. The average Bonchev–Trinajstić information content (AvgIpc) is 2.25. The zero-order valence-corrected chi connectivity index (χ0v) is 11.6. The maximum Gasteiger partial charge on any atom is 0.150 e. The van der Waals surface area contributed by atoms with Crippen molar-refractivity contribution >= 4 is 37.3 Å². The van der Waals surface area contributed by atoms with E-state index >= 15 is 0 Å². The van der Waals surface area contributed by atoms with E-state index in [2.05, 4.69) is 26.2 Å². The smallest absolute Gasteiger partial charge is 0.150 e. The molecule has 0 aromatic carbocycles. The van der Waals surface area contributed by atoms with Gasteiger partial charge >= 0.3 is 0 Å². The molecule has 1 saturated heterocycles. The van der Waals surface area contributed by atoms with Crippen LogP contribution in [0.5, 0.6) is 0 Å². The first-order valence-corrected chi connectivity index (χ1v) is 7.96. The van der Waals surface area contributed by atoms with E-state index in [1.54, 1.807) is 12.3 Å². The molecule has 0 amide bonds. The Hall–Kier alpha value is -0.820. The third-order valence-electron chi connectivity index (χ3n) is 2.78. The molecule has 1 aliphatic heterocycles. The van der Waals surface area contributed by atoms with Crippen molar-refractivity contribution in [3.63, 3.8) is 0 Å². The van der Waals surface area contributed by atoms with Gasteiger partial charge in [-0.1, -0.05) is 0 Å². The van der Waals surface area contributed by atoms with Crippen molar-refractivity contribution in [3.8, 4) is 0 Å². The largest absolute Gasteiger partial charge is 0.396 e. The highest BCUT2D eigenvalue weighted by atomic mass is 79.9. The summed E-state index contributed by atoms with van der Waals surface area (Å²) in [7, 11) is -2.82. The van der Waals surface area contributed by atoms with E-state index in [0.717, 1.165) is 4.47 Å². The Balaban J connectivity index is 2.02. The maximum atomic E-state index is 11.3. The predicted molar refractivity (Wildman–Crippen MR) is 71.6 cm³/mol. The molecule has 0 spiro atoms. The fourth-order valence-corrected chi connectivity index (χ4v) is 3.64. The van der Waals surface area contributed by atoms with E-state index in [1.807, 2.05) is 0 Å². The van der Waals surface area contributed by atoms with Gasteiger partial charge in [0.15, 0.2) is 0 Å². The van der Waals surface area contributed by atoms with Gasteiger partial charge in [-0.05, 0) is 34.8 Å². The molecule has 94 valence electrons. The first kappa shape index (κ1) is 12.6. The minimum absolute atomic E-state index is 0.134. The summed E-state index contributed by atoms with van der Waals surface area (Å²) in [5.74, 6) is 1.10. The molecule has 1 fully saturated rings. The second kappa shape index (κ2) is 4.81. The molecule has 2 heterocycles. The van der Waals surface area contributed by atoms with E-state index < -0.39 is 9.84 Å². The minimum atomic E-state index is -2.82. The molecule has 17 heavy (non-hydrogen) atoms. The number of halogens is 1. The molecular weight excluding hydrogens is 306 g/mol. The number of nitrogens with zero attached hydrogens (tertiary/aromatic N) is 1. The molecule has 1 aromatic rings. The van der Waals surface area contributed by atoms with Crippen LogP contribution < -0.4 is 11.1 Å². The summed E-state index contributed by atoms with van der Waals surface area (Å²) in [6.45, 7) is 0. The average molecular weight is 320 g/mol. The fraction of sp³-hybridized carbons (Fsp3) is 0.500. The molecule has 2 rings (SSSR count). The van der Waals surface area contributed by atoms with Crippen LogP contribution in [-0.2, 0) is 9.84 Å². The van der Waals surface area contributed by atoms with Crippen molar-refractivity contribution in [2.24, 2.45) is 0 Å². The van der Waals surface area contributed by atoms with Crippen LogP contribution in [0.4, 0.5) is 11.5 Å². The van der Waals surface area contributed by atoms with Gasteiger partial charge in [-0.2, -0.15) is 0 Å². The number of pyridine rings is 1. The monoisotopic (exact) mass is 319 g/mol. The number of nitrogen functional groups attached to an aromatic ring is 1. The third kappa shape index (κ3) is 3.32. The van der Waals surface area contributed by atoms with Crippen LogP contribution in [0.2, 0.25) is 0 Å². The zero-order chi connectivity index (χ0) is 12.5. The number of nitrogens with one attached hydrogen (secondary N) is 1. The molecule has 7 heteroatoms. The molecular formula is C10H14BrN3O2S. The Labute approximate surface area is 109 Å². The van der Waals surface area contributed by atoms with Crippen LogP contribution in [-0.4, -0.2) is 30.9 Å². The number of rotatable bonds is 2. The normalized spacial score (nSPS) is 20.1. The summed E-state index contributed by atoms with van der Waals surface area (Å²) in [4.78, 5) is 4.18. The number of hydrogen-bond acceptors (Lipinski definition) is 5. The van der Waals surface area contributed by atoms with Gasteiger partial charge in [0.25, 0.3) is 0 Å². The minimum Gasteiger partial charge on any atom is -0.396 e. The van der Waals surface area contributed by atoms with Crippen LogP contribution in [0.15, 0.2) is 16.7 Å².